The Bertz CT molecular complexity index is 3720. The van der Waals surface area contributed by atoms with Gasteiger partial charge >= 0.3 is 0 Å². The van der Waals surface area contributed by atoms with E-state index < -0.39 is 34.8 Å². The molecule has 11 aromatic rings. The van der Waals surface area contributed by atoms with Gasteiger partial charge in [-0.15, -0.1) is 0 Å². The molecule has 304 valence electrons. The second-order valence-corrected chi connectivity index (χ2v) is 15.7. The Hall–Kier alpha value is -8.34. The average Bonchev–Trinajstić information content (AvgIpc) is 3.35. The number of anilines is 3. The van der Waals surface area contributed by atoms with Gasteiger partial charge in [-0.25, -0.2) is 22.0 Å². The van der Waals surface area contributed by atoms with E-state index in [9.17, 15) is 18.4 Å². The molecule has 0 radical (unpaired) electrons. The standard InChI is InChI=1S/C57H31F5N2/c58-52-53(59)55(61)57(56(62)54(52)60)64(37-26-23-33(32-63)24-27-37)49-30-29-40(41-17-5-6-18-42(41)49)36-25-28-47-48(31-36)51(44-22-10-14-35-12-2-4-16-39(35)44)46-20-8-7-19-45(46)50(47)43-21-9-13-34-11-1-3-15-38(34)43/h1-31H. The minimum atomic E-state index is -2.26. The lowest BCUT2D eigenvalue weighted by molar-refractivity contribution is 0.380. The Balaban J connectivity index is 1.21. The van der Waals surface area contributed by atoms with Crippen LogP contribution >= 0.6 is 0 Å². The molecule has 64 heavy (non-hydrogen) atoms. The van der Waals surface area contributed by atoms with Crippen LogP contribution < -0.4 is 4.90 Å². The lowest BCUT2D eigenvalue weighted by Gasteiger charge is -2.28. The summed E-state index contributed by atoms with van der Waals surface area (Å²) in [7, 11) is 0. The van der Waals surface area contributed by atoms with Crippen LogP contribution in [0.1, 0.15) is 5.56 Å². The van der Waals surface area contributed by atoms with E-state index in [4.69, 9.17) is 0 Å². The third-order valence-electron chi connectivity index (χ3n) is 12.3. The third kappa shape index (κ3) is 5.99. The molecule has 0 heterocycles. The van der Waals surface area contributed by atoms with Gasteiger partial charge in [0.25, 0.3) is 0 Å². The van der Waals surface area contributed by atoms with Gasteiger partial charge in [-0.1, -0.05) is 152 Å². The lowest BCUT2D eigenvalue weighted by atomic mass is 9.82. The summed E-state index contributed by atoms with van der Waals surface area (Å²) < 4.78 is 76.2. The molecular weight excluding hydrogens is 808 g/mol. The highest BCUT2D eigenvalue weighted by molar-refractivity contribution is 6.26. The molecule has 11 aromatic carbocycles. The van der Waals surface area contributed by atoms with Crippen LogP contribution in [-0.2, 0) is 0 Å². The minimum absolute atomic E-state index is 0.0818. The molecule has 0 unspecified atom stereocenters. The predicted molar refractivity (Wildman–Crippen MR) is 249 cm³/mol. The van der Waals surface area contributed by atoms with Crippen molar-refractivity contribution in [2.45, 2.75) is 0 Å². The number of nitriles is 1. The Morgan fingerprint density at radius 2 is 0.828 bits per heavy atom. The molecular formula is C57H31F5N2. The minimum Gasteiger partial charge on any atom is -0.304 e. The van der Waals surface area contributed by atoms with Crippen LogP contribution in [0, 0.1) is 40.4 Å². The van der Waals surface area contributed by atoms with Crippen LogP contribution in [-0.4, -0.2) is 0 Å². The molecule has 2 nitrogen and oxygen atoms in total. The monoisotopic (exact) mass is 838 g/mol. The van der Waals surface area contributed by atoms with Crippen molar-refractivity contribution < 1.29 is 22.0 Å². The number of benzene rings is 11. The Kier molecular flexibility index (Phi) is 9.18. The third-order valence-corrected chi connectivity index (χ3v) is 12.3. The van der Waals surface area contributed by atoms with Gasteiger partial charge in [0.05, 0.1) is 17.3 Å². The van der Waals surface area contributed by atoms with Crippen molar-refractivity contribution >= 4 is 70.9 Å². The second-order valence-electron chi connectivity index (χ2n) is 15.7. The van der Waals surface area contributed by atoms with Gasteiger partial charge in [0.2, 0.25) is 5.82 Å². The summed E-state index contributed by atoms with van der Waals surface area (Å²) in [4.78, 5) is 1.02. The number of hydrogen-bond donors (Lipinski definition) is 0. The summed E-state index contributed by atoms with van der Waals surface area (Å²) >= 11 is 0. The van der Waals surface area contributed by atoms with E-state index in [0.29, 0.717) is 10.8 Å². The highest BCUT2D eigenvalue weighted by atomic mass is 19.2. The topological polar surface area (TPSA) is 27.0 Å². The number of rotatable bonds is 6. The lowest BCUT2D eigenvalue weighted by Crippen LogP contribution is -2.17. The molecule has 0 saturated heterocycles. The van der Waals surface area contributed by atoms with Crippen molar-refractivity contribution in [2.24, 2.45) is 0 Å². The summed E-state index contributed by atoms with van der Waals surface area (Å²) in [5.74, 6) is -10.4. The maximum atomic E-state index is 15.9. The molecule has 0 saturated carbocycles. The van der Waals surface area contributed by atoms with Crippen molar-refractivity contribution in [3.8, 4) is 39.4 Å². The number of nitrogens with zero attached hydrogens (tertiary/aromatic N) is 2. The smallest absolute Gasteiger partial charge is 0.200 e. The number of halogens is 5. The first-order valence-corrected chi connectivity index (χ1v) is 20.6. The van der Waals surface area contributed by atoms with Gasteiger partial charge in [-0.05, 0) is 118 Å². The molecule has 0 aromatic heterocycles. The zero-order valence-electron chi connectivity index (χ0n) is 33.7. The number of fused-ring (bicyclic) bond motifs is 5. The first-order chi connectivity index (χ1) is 31.3. The average molecular weight is 839 g/mol. The fraction of sp³-hybridized carbons (Fsp3) is 0. The molecule has 0 fully saturated rings. The van der Waals surface area contributed by atoms with Crippen LogP contribution in [0.4, 0.5) is 39.0 Å². The van der Waals surface area contributed by atoms with Crippen LogP contribution in [0.3, 0.4) is 0 Å². The molecule has 0 spiro atoms. The van der Waals surface area contributed by atoms with E-state index in [1.54, 1.807) is 18.2 Å². The Morgan fingerprint density at radius 1 is 0.359 bits per heavy atom. The molecule has 0 aliphatic carbocycles. The van der Waals surface area contributed by atoms with Crippen LogP contribution in [0.2, 0.25) is 0 Å². The normalized spacial score (nSPS) is 11.5. The first-order valence-electron chi connectivity index (χ1n) is 20.6. The molecule has 0 atom stereocenters. The Morgan fingerprint density at radius 3 is 1.41 bits per heavy atom. The van der Waals surface area contributed by atoms with Crippen molar-refractivity contribution in [1.82, 2.24) is 0 Å². The van der Waals surface area contributed by atoms with E-state index in [-0.39, 0.29) is 16.9 Å². The van der Waals surface area contributed by atoms with E-state index >= 15 is 8.78 Å². The summed E-state index contributed by atoms with van der Waals surface area (Å²) in [6.07, 6.45) is 0. The fourth-order valence-electron chi connectivity index (χ4n) is 9.41. The maximum Gasteiger partial charge on any atom is 0.200 e. The van der Waals surface area contributed by atoms with E-state index in [2.05, 4.69) is 109 Å². The van der Waals surface area contributed by atoms with Gasteiger partial charge in [-0.2, -0.15) is 5.26 Å². The van der Waals surface area contributed by atoms with E-state index in [0.717, 1.165) is 81.4 Å². The fourth-order valence-corrected chi connectivity index (χ4v) is 9.41. The largest absolute Gasteiger partial charge is 0.304 e. The zero-order valence-corrected chi connectivity index (χ0v) is 33.7. The van der Waals surface area contributed by atoms with Gasteiger partial charge < -0.3 is 4.90 Å². The molecule has 0 amide bonds. The van der Waals surface area contributed by atoms with E-state index in [1.165, 1.54) is 24.3 Å². The van der Waals surface area contributed by atoms with Crippen molar-refractivity contribution in [2.75, 3.05) is 4.90 Å². The first kappa shape index (κ1) is 38.6. The summed E-state index contributed by atoms with van der Waals surface area (Å²) in [5.41, 5.74) is 5.30. The van der Waals surface area contributed by atoms with Gasteiger partial charge in [0.15, 0.2) is 23.3 Å². The number of hydrogen-bond acceptors (Lipinski definition) is 2. The Labute approximate surface area is 363 Å². The second kappa shape index (κ2) is 15.2. The van der Waals surface area contributed by atoms with Gasteiger partial charge in [0, 0.05) is 11.1 Å². The van der Waals surface area contributed by atoms with Gasteiger partial charge in [0.1, 0.15) is 5.69 Å². The van der Waals surface area contributed by atoms with Crippen LogP contribution in [0.5, 0.6) is 0 Å². The predicted octanol–water partition coefficient (Wildman–Crippen LogP) is 16.5. The SMILES string of the molecule is N#Cc1ccc(N(c2c(F)c(F)c(F)c(F)c2F)c2ccc(-c3ccc4c(-c5cccc6ccccc56)c5ccccc5c(-c5cccc6ccccc56)c4c3)c3ccccc23)cc1. The van der Waals surface area contributed by atoms with Crippen molar-refractivity contribution in [1.29, 1.82) is 5.26 Å². The summed E-state index contributed by atoms with van der Waals surface area (Å²) in [5, 5.41) is 19.3. The molecule has 0 N–H and O–H groups in total. The van der Waals surface area contributed by atoms with Crippen LogP contribution in [0.15, 0.2) is 188 Å². The van der Waals surface area contributed by atoms with Crippen molar-refractivity contribution in [3.05, 3.63) is 223 Å². The molecule has 7 heteroatoms. The maximum absolute atomic E-state index is 15.9. The molecule has 11 rings (SSSR count). The summed E-state index contributed by atoms with van der Waals surface area (Å²) in [6.45, 7) is 0. The summed E-state index contributed by atoms with van der Waals surface area (Å²) in [6, 6.07) is 62.7. The van der Waals surface area contributed by atoms with Gasteiger partial charge in [-0.3, -0.25) is 0 Å². The van der Waals surface area contributed by atoms with Crippen LogP contribution in [0.25, 0.3) is 87.2 Å². The highest BCUT2D eigenvalue weighted by Crippen LogP contribution is 2.49. The molecule has 0 bridgehead atoms. The quantitative estimate of drug-likeness (QED) is 0.0722. The van der Waals surface area contributed by atoms with E-state index in [1.807, 2.05) is 42.5 Å². The van der Waals surface area contributed by atoms with Crippen molar-refractivity contribution in [3.63, 3.8) is 0 Å². The molecule has 0 aliphatic heterocycles. The molecule has 0 aliphatic rings. The zero-order chi connectivity index (χ0) is 43.6. The highest BCUT2D eigenvalue weighted by Gasteiger charge is 2.32.